The molecule has 0 spiro atoms. The molecule has 0 amide bonds. The van der Waals surface area contributed by atoms with Crippen LogP contribution in [0.5, 0.6) is 5.75 Å². The molecule has 2 aromatic carbocycles. The lowest BCUT2D eigenvalue weighted by molar-refractivity contribution is 0.339. The highest BCUT2D eigenvalue weighted by molar-refractivity contribution is 9.10. The van der Waals surface area contributed by atoms with Gasteiger partial charge in [0, 0.05) is 15.8 Å². The van der Waals surface area contributed by atoms with Crippen LogP contribution in [0.1, 0.15) is 18.1 Å². The summed E-state index contributed by atoms with van der Waals surface area (Å²) in [6, 6.07) is 16.1. The van der Waals surface area contributed by atoms with E-state index in [2.05, 4.69) is 43.4 Å². The first kappa shape index (κ1) is 17.7. The molecule has 1 heterocycles. The van der Waals surface area contributed by atoms with Crippen LogP contribution in [-0.4, -0.2) is 27.7 Å². The summed E-state index contributed by atoms with van der Waals surface area (Å²) in [6.07, 6.45) is 3.36. The zero-order chi connectivity index (χ0) is 17.5. The first-order valence-electron chi connectivity index (χ1n) is 7.79. The maximum absolute atomic E-state index is 5.64. The molecule has 7 heteroatoms. The highest BCUT2D eigenvalue weighted by atomic mass is 79.9. The summed E-state index contributed by atoms with van der Waals surface area (Å²) in [7, 11) is 0. The van der Waals surface area contributed by atoms with Crippen molar-refractivity contribution in [3.63, 3.8) is 0 Å². The summed E-state index contributed by atoms with van der Waals surface area (Å²) in [5, 5.41) is 13.3. The van der Waals surface area contributed by atoms with E-state index in [0.717, 1.165) is 26.7 Å². The van der Waals surface area contributed by atoms with E-state index in [1.807, 2.05) is 43.3 Å². The van der Waals surface area contributed by atoms with Gasteiger partial charge in [0.15, 0.2) is 0 Å². The van der Waals surface area contributed by atoms with Gasteiger partial charge < -0.3 is 4.74 Å². The molecule has 5 nitrogen and oxygen atoms in total. The van der Waals surface area contributed by atoms with Gasteiger partial charge in [0.05, 0.1) is 12.8 Å². The summed E-state index contributed by atoms with van der Waals surface area (Å²) in [6.45, 7) is 2.56. The average Bonchev–Trinajstić information content (AvgIpc) is 3.08. The SMILES string of the molecule is CCOc1ccc(Br)cc1C=Nn1cnnc1SCc1ccccc1. The van der Waals surface area contributed by atoms with Crippen LogP contribution in [-0.2, 0) is 5.75 Å². The Morgan fingerprint density at radius 1 is 1.24 bits per heavy atom. The molecule has 0 bridgehead atoms. The van der Waals surface area contributed by atoms with Crippen molar-refractivity contribution in [3.8, 4) is 5.75 Å². The second-order valence-electron chi connectivity index (χ2n) is 5.09. The summed E-state index contributed by atoms with van der Waals surface area (Å²) < 4.78 is 8.28. The monoisotopic (exact) mass is 416 g/mol. The van der Waals surface area contributed by atoms with Crippen molar-refractivity contribution in [2.45, 2.75) is 17.8 Å². The smallest absolute Gasteiger partial charge is 0.212 e. The third-order valence-electron chi connectivity index (χ3n) is 3.30. The minimum Gasteiger partial charge on any atom is -0.493 e. The molecule has 0 aliphatic rings. The average molecular weight is 417 g/mol. The maximum atomic E-state index is 5.64. The third kappa shape index (κ3) is 4.93. The van der Waals surface area contributed by atoms with Crippen molar-refractivity contribution in [1.29, 1.82) is 0 Å². The summed E-state index contributed by atoms with van der Waals surface area (Å²) >= 11 is 5.07. The molecule has 3 rings (SSSR count). The summed E-state index contributed by atoms with van der Waals surface area (Å²) in [4.78, 5) is 0. The van der Waals surface area contributed by atoms with Crippen LogP contribution in [0.25, 0.3) is 0 Å². The predicted octanol–water partition coefficient (Wildman–Crippen LogP) is 4.61. The van der Waals surface area contributed by atoms with Gasteiger partial charge in [0.1, 0.15) is 12.1 Å². The van der Waals surface area contributed by atoms with Crippen molar-refractivity contribution in [2.24, 2.45) is 5.10 Å². The molecule has 0 aliphatic carbocycles. The lowest BCUT2D eigenvalue weighted by atomic mass is 10.2. The first-order valence-corrected chi connectivity index (χ1v) is 9.57. The Bertz CT molecular complexity index is 851. The largest absolute Gasteiger partial charge is 0.493 e. The molecule has 0 fully saturated rings. The highest BCUT2D eigenvalue weighted by Gasteiger charge is 2.06. The van der Waals surface area contributed by atoms with E-state index >= 15 is 0 Å². The van der Waals surface area contributed by atoms with E-state index in [1.54, 1.807) is 29.0 Å². The molecule has 25 heavy (non-hydrogen) atoms. The number of hydrogen-bond donors (Lipinski definition) is 0. The second-order valence-corrected chi connectivity index (χ2v) is 6.95. The molecule has 0 unspecified atom stereocenters. The van der Waals surface area contributed by atoms with E-state index in [4.69, 9.17) is 4.74 Å². The van der Waals surface area contributed by atoms with Crippen molar-refractivity contribution in [3.05, 3.63) is 70.5 Å². The lowest BCUT2D eigenvalue weighted by Crippen LogP contribution is -1.98. The van der Waals surface area contributed by atoms with Crippen LogP contribution in [0.4, 0.5) is 0 Å². The molecule has 3 aromatic rings. The van der Waals surface area contributed by atoms with Gasteiger partial charge in [-0.3, -0.25) is 0 Å². The number of ether oxygens (including phenoxy) is 1. The predicted molar refractivity (Wildman–Crippen MR) is 104 cm³/mol. The van der Waals surface area contributed by atoms with Crippen LogP contribution in [0.3, 0.4) is 0 Å². The number of thioether (sulfide) groups is 1. The van der Waals surface area contributed by atoms with Gasteiger partial charge in [-0.05, 0) is 30.7 Å². The minimum absolute atomic E-state index is 0.604. The minimum atomic E-state index is 0.604. The fourth-order valence-corrected chi connectivity index (χ4v) is 3.35. The van der Waals surface area contributed by atoms with Crippen LogP contribution in [0, 0.1) is 0 Å². The molecular weight excluding hydrogens is 400 g/mol. The second kappa shape index (κ2) is 8.82. The van der Waals surface area contributed by atoms with Gasteiger partial charge in [0.2, 0.25) is 5.16 Å². The molecule has 0 aliphatic heterocycles. The van der Waals surface area contributed by atoms with E-state index in [9.17, 15) is 0 Å². The van der Waals surface area contributed by atoms with Gasteiger partial charge in [-0.1, -0.05) is 58.0 Å². The zero-order valence-electron chi connectivity index (χ0n) is 13.7. The Morgan fingerprint density at radius 3 is 2.88 bits per heavy atom. The number of halogens is 1. The van der Waals surface area contributed by atoms with Crippen LogP contribution < -0.4 is 4.74 Å². The molecule has 128 valence electrons. The molecule has 0 atom stereocenters. The molecule has 1 aromatic heterocycles. The molecular formula is C18H17BrN4OS. The quantitative estimate of drug-likeness (QED) is 0.416. The van der Waals surface area contributed by atoms with Crippen molar-refractivity contribution in [1.82, 2.24) is 14.9 Å². The molecule has 0 radical (unpaired) electrons. The fraction of sp³-hybridized carbons (Fsp3) is 0.167. The maximum Gasteiger partial charge on any atom is 0.212 e. The Balaban J connectivity index is 1.75. The van der Waals surface area contributed by atoms with Crippen LogP contribution >= 0.6 is 27.7 Å². The van der Waals surface area contributed by atoms with Crippen molar-refractivity contribution < 1.29 is 4.74 Å². The normalized spacial score (nSPS) is 11.1. The Morgan fingerprint density at radius 2 is 2.08 bits per heavy atom. The molecule has 0 saturated heterocycles. The number of rotatable bonds is 7. The van der Waals surface area contributed by atoms with E-state index in [0.29, 0.717) is 6.61 Å². The van der Waals surface area contributed by atoms with Crippen molar-refractivity contribution in [2.75, 3.05) is 6.61 Å². The third-order valence-corrected chi connectivity index (χ3v) is 4.80. The van der Waals surface area contributed by atoms with Gasteiger partial charge in [-0.2, -0.15) is 9.78 Å². The van der Waals surface area contributed by atoms with Gasteiger partial charge in [0.25, 0.3) is 0 Å². The van der Waals surface area contributed by atoms with E-state index in [1.165, 1.54) is 5.56 Å². The molecule has 0 saturated carbocycles. The Hall–Kier alpha value is -2.12. The van der Waals surface area contributed by atoms with Gasteiger partial charge in [-0.25, -0.2) is 0 Å². The first-order chi connectivity index (χ1) is 12.3. The lowest BCUT2D eigenvalue weighted by Gasteiger charge is -2.07. The van der Waals surface area contributed by atoms with Gasteiger partial charge in [-0.15, -0.1) is 10.2 Å². The van der Waals surface area contributed by atoms with E-state index in [-0.39, 0.29) is 0 Å². The summed E-state index contributed by atoms with van der Waals surface area (Å²) in [5.74, 6) is 1.61. The Kier molecular flexibility index (Phi) is 6.25. The zero-order valence-corrected chi connectivity index (χ0v) is 16.1. The number of aromatic nitrogens is 3. The topological polar surface area (TPSA) is 52.3 Å². The Labute approximate surface area is 159 Å². The van der Waals surface area contributed by atoms with Gasteiger partial charge >= 0.3 is 0 Å². The van der Waals surface area contributed by atoms with E-state index < -0.39 is 0 Å². The highest BCUT2D eigenvalue weighted by Crippen LogP contribution is 2.23. The van der Waals surface area contributed by atoms with Crippen LogP contribution in [0.2, 0.25) is 0 Å². The molecule has 0 N–H and O–H groups in total. The number of benzene rings is 2. The number of hydrogen-bond acceptors (Lipinski definition) is 5. The summed E-state index contributed by atoms with van der Waals surface area (Å²) in [5.41, 5.74) is 2.13. The van der Waals surface area contributed by atoms with Crippen molar-refractivity contribution >= 4 is 33.9 Å². The van der Waals surface area contributed by atoms with Crippen LogP contribution in [0.15, 0.2) is 69.6 Å². The standard InChI is InChI=1S/C18H17BrN4OS/c1-2-24-17-9-8-16(19)10-15(17)11-21-23-13-20-22-18(23)25-12-14-6-4-3-5-7-14/h3-11,13H,2,12H2,1H3. The number of nitrogens with zero attached hydrogens (tertiary/aromatic N) is 4. The fourth-order valence-electron chi connectivity index (χ4n) is 2.15.